The van der Waals surface area contributed by atoms with E-state index in [-0.39, 0.29) is 31.1 Å². The van der Waals surface area contributed by atoms with Crippen LogP contribution in [-0.4, -0.2) is 12.7 Å². The minimum Gasteiger partial charge on any atom is -0.454 e. The van der Waals surface area contributed by atoms with E-state index in [2.05, 4.69) is 10.6 Å². The van der Waals surface area contributed by atoms with Gasteiger partial charge in [-0.15, -0.1) is 12.4 Å². The lowest BCUT2D eigenvalue weighted by Crippen LogP contribution is -2.26. The van der Waals surface area contributed by atoms with Crippen molar-refractivity contribution in [1.29, 1.82) is 0 Å². The van der Waals surface area contributed by atoms with Crippen LogP contribution in [0, 0.1) is 0 Å². The van der Waals surface area contributed by atoms with Gasteiger partial charge in [0, 0.05) is 18.7 Å². The third-order valence-corrected chi connectivity index (χ3v) is 4.34. The van der Waals surface area contributed by atoms with Gasteiger partial charge in [-0.05, 0) is 47.9 Å². The van der Waals surface area contributed by atoms with Crippen LogP contribution in [0.3, 0.4) is 0 Å². The van der Waals surface area contributed by atoms with Crippen molar-refractivity contribution >= 4 is 18.3 Å². The standard InChI is InChI=1S/C18H18N2O3.ClH/c1-11(12-4-5-16-17(7-12)23-10-22-16)20-18(21)13-2-3-14-8-19-9-15(14)6-13;/h2-7,11,19H,8-10H2,1H3,(H,20,21);1H. The maximum absolute atomic E-state index is 12.5. The van der Waals surface area contributed by atoms with Gasteiger partial charge in [-0.2, -0.15) is 0 Å². The van der Waals surface area contributed by atoms with E-state index < -0.39 is 0 Å². The van der Waals surface area contributed by atoms with Crippen molar-refractivity contribution in [3.63, 3.8) is 0 Å². The van der Waals surface area contributed by atoms with Gasteiger partial charge in [0.2, 0.25) is 6.79 Å². The van der Waals surface area contributed by atoms with Crippen molar-refractivity contribution < 1.29 is 14.3 Å². The number of benzene rings is 2. The Morgan fingerprint density at radius 2 is 1.88 bits per heavy atom. The normalized spacial score (nSPS) is 15.4. The van der Waals surface area contributed by atoms with Crippen molar-refractivity contribution in [3.05, 3.63) is 58.7 Å². The van der Waals surface area contributed by atoms with Crippen molar-refractivity contribution in [3.8, 4) is 11.5 Å². The second-order valence-corrected chi connectivity index (χ2v) is 5.89. The Morgan fingerprint density at radius 1 is 1.08 bits per heavy atom. The van der Waals surface area contributed by atoms with E-state index in [4.69, 9.17) is 9.47 Å². The van der Waals surface area contributed by atoms with Crippen LogP contribution in [0.1, 0.15) is 40.0 Å². The van der Waals surface area contributed by atoms with Gasteiger partial charge in [0.05, 0.1) is 6.04 Å². The smallest absolute Gasteiger partial charge is 0.251 e. The molecule has 2 aromatic rings. The number of hydrogen-bond donors (Lipinski definition) is 2. The second kappa shape index (κ2) is 6.71. The first-order valence-corrected chi connectivity index (χ1v) is 7.73. The predicted molar refractivity (Wildman–Crippen MR) is 92.7 cm³/mol. The maximum Gasteiger partial charge on any atom is 0.251 e. The Hall–Kier alpha value is -2.24. The lowest BCUT2D eigenvalue weighted by atomic mass is 10.0. The number of fused-ring (bicyclic) bond motifs is 2. The minimum absolute atomic E-state index is 0. The van der Waals surface area contributed by atoms with Gasteiger partial charge in [0.15, 0.2) is 11.5 Å². The molecule has 4 rings (SSSR count). The van der Waals surface area contributed by atoms with E-state index in [1.54, 1.807) is 0 Å². The highest BCUT2D eigenvalue weighted by Gasteiger charge is 2.18. The van der Waals surface area contributed by atoms with Crippen molar-refractivity contribution in [1.82, 2.24) is 10.6 Å². The number of hydrogen-bond acceptors (Lipinski definition) is 4. The molecule has 1 unspecified atom stereocenters. The molecule has 0 bridgehead atoms. The average Bonchev–Trinajstić information content (AvgIpc) is 3.21. The summed E-state index contributed by atoms with van der Waals surface area (Å²) in [6.45, 7) is 3.92. The zero-order chi connectivity index (χ0) is 15.8. The van der Waals surface area contributed by atoms with Crippen LogP contribution < -0.4 is 20.1 Å². The predicted octanol–water partition coefficient (Wildman–Crippen LogP) is 2.93. The topological polar surface area (TPSA) is 59.6 Å². The quantitative estimate of drug-likeness (QED) is 0.897. The molecule has 1 atom stereocenters. The second-order valence-electron chi connectivity index (χ2n) is 5.89. The molecule has 0 fully saturated rings. The number of carbonyl (C=O) groups is 1. The molecule has 0 radical (unpaired) electrons. The lowest BCUT2D eigenvalue weighted by molar-refractivity contribution is 0.0939. The fourth-order valence-electron chi connectivity index (χ4n) is 2.98. The van der Waals surface area contributed by atoms with E-state index in [0.29, 0.717) is 5.56 Å². The molecule has 24 heavy (non-hydrogen) atoms. The summed E-state index contributed by atoms with van der Waals surface area (Å²) in [5.74, 6) is 1.41. The molecule has 0 aliphatic carbocycles. The van der Waals surface area contributed by atoms with E-state index >= 15 is 0 Å². The number of nitrogens with one attached hydrogen (secondary N) is 2. The zero-order valence-electron chi connectivity index (χ0n) is 13.3. The summed E-state index contributed by atoms with van der Waals surface area (Å²) in [6, 6.07) is 11.5. The average molecular weight is 347 g/mol. The summed E-state index contributed by atoms with van der Waals surface area (Å²) < 4.78 is 10.7. The van der Waals surface area contributed by atoms with Crippen LogP contribution in [0.2, 0.25) is 0 Å². The van der Waals surface area contributed by atoms with Crippen molar-refractivity contribution in [2.24, 2.45) is 0 Å². The number of halogens is 1. The molecule has 5 nitrogen and oxygen atoms in total. The Bertz CT molecular complexity index is 779. The molecule has 2 aromatic carbocycles. The number of rotatable bonds is 3. The van der Waals surface area contributed by atoms with Crippen LogP contribution in [-0.2, 0) is 13.1 Å². The molecule has 0 saturated carbocycles. The Labute approximate surface area is 146 Å². The third kappa shape index (κ3) is 3.05. The largest absolute Gasteiger partial charge is 0.454 e. The molecule has 1 amide bonds. The Morgan fingerprint density at radius 3 is 2.75 bits per heavy atom. The fraction of sp³-hybridized carbons (Fsp3) is 0.278. The zero-order valence-corrected chi connectivity index (χ0v) is 14.1. The molecule has 126 valence electrons. The summed E-state index contributed by atoms with van der Waals surface area (Å²) in [6.07, 6.45) is 0. The molecule has 0 aromatic heterocycles. The molecule has 2 aliphatic rings. The summed E-state index contributed by atoms with van der Waals surface area (Å²) in [5.41, 5.74) is 4.16. The number of ether oxygens (including phenoxy) is 2. The van der Waals surface area contributed by atoms with Crippen molar-refractivity contribution in [2.45, 2.75) is 26.1 Å². The highest BCUT2D eigenvalue weighted by molar-refractivity contribution is 5.94. The number of amides is 1. The van der Waals surface area contributed by atoms with Crippen LogP contribution in [0.5, 0.6) is 11.5 Å². The van der Waals surface area contributed by atoms with Gasteiger partial charge >= 0.3 is 0 Å². The molecule has 2 heterocycles. The Balaban J connectivity index is 0.00000169. The SMILES string of the molecule is CC(NC(=O)c1ccc2c(c1)CNC2)c1ccc2c(c1)OCO2.Cl. The van der Waals surface area contributed by atoms with E-state index in [1.807, 2.05) is 43.3 Å². The summed E-state index contributed by atoms with van der Waals surface area (Å²) in [7, 11) is 0. The summed E-state index contributed by atoms with van der Waals surface area (Å²) in [4.78, 5) is 12.5. The first-order valence-electron chi connectivity index (χ1n) is 7.73. The summed E-state index contributed by atoms with van der Waals surface area (Å²) in [5, 5.41) is 6.33. The third-order valence-electron chi connectivity index (χ3n) is 4.34. The van der Waals surface area contributed by atoms with Crippen LogP contribution in [0.25, 0.3) is 0 Å². The van der Waals surface area contributed by atoms with Gasteiger partial charge in [-0.3, -0.25) is 4.79 Å². The van der Waals surface area contributed by atoms with E-state index in [0.717, 1.165) is 30.2 Å². The highest BCUT2D eigenvalue weighted by atomic mass is 35.5. The lowest BCUT2D eigenvalue weighted by Gasteiger charge is -2.15. The molecule has 2 N–H and O–H groups in total. The fourth-order valence-corrected chi connectivity index (χ4v) is 2.98. The Kier molecular flexibility index (Phi) is 4.64. The van der Waals surface area contributed by atoms with E-state index in [9.17, 15) is 4.79 Å². The van der Waals surface area contributed by atoms with Crippen molar-refractivity contribution in [2.75, 3.05) is 6.79 Å². The monoisotopic (exact) mass is 346 g/mol. The highest BCUT2D eigenvalue weighted by Crippen LogP contribution is 2.34. The van der Waals surface area contributed by atoms with Gasteiger partial charge in [0.25, 0.3) is 5.91 Å². The molecule has 0 saturated heterocycles. The first-order chi connectivity index (χ1) is 11.2. The van der Waals surface area contributed by atoms with E-state index in [1.165, 1.54) is 11.1 Å². The van der Waals surface area contributed by atoms with Crippen LogP contribution >= 0.6 is 12.4 Å². The van der Waals surface area contributed by atoms with Gasteiger partial charge in [-0.1, -0.05) is 12.1 Å². The molecule has 6 heteroatoms. The molecule has 0 spiro atoms. The molecule has 2 aliphatic heterocycles. The van der Waals surface area contributed by atoms with Gasteiger partial charge in [-0.25, -0.2) is 0 Å². The van der Waals surface area contributed by atoms with Crippen LogP contribution in [0.15, 0.2) is 36.4 Å². The maximum atomic E-state index is 12.5. The minimum atomic E-state index is -0.108. The molecular weight excluding hydrogens is 328 g/mol. The van der Waals surface area contributed by atoms with Crippen LogP contribution in [0.4, 0.5) is 0 Å². The van der Waals surface area contributed by atoms with Gasteiger partial charge < -0.3 is 20.1 Å². The molecular formula is C18H19ClN2O3. The summed E-state index contributed by atoms with van der Waals surface area (Å²) >= 11 is 0. The van der Waals surface area contributed by atoms with Gasteiger partial charge in [0.1, 0.15) is 0 Å². The number of carbonyl (C=O) groups excluding carboxylic acids is 1. The first kappa shape index (κ1) is 16.6.